The van der Waals surface area contributed by atoms with Gasteiger partial charge in [0.15, 0.2) is 0 Å². The Labute approximate surface area is 294 Å². The van der Waals surface area contributed by atoms with Crippen LogP contribution < -0.4 is 4.90 Å². The van der Waals surface area contributed by atoms with Gasteiger partial charge >= 0.3 is 0 Å². The Morgan fingerprint density at radius 1 is 0.380 bits per heavy atom. The molecule has 0 aliphatic carbocycles. The van der Waals surface area contributed by atoms with E-state index in [1.54, 1.807) is 0 Å². The van der Waals surface area contributed by atoms with Crippen molar-refractivity contribution in [2.45, 2.75) is 26.2 Å². The molecule has 0 atom stereocenters. The third-order valence-electron chi connectivity index (χ3n) is 9.37. The molecule has 7 aromatic carbocycles. The van der Waals surface area contributed by atoms with Crippen molar-refractivity contribution in [2.75, 3.05) is 4.90 Å². The largest absolute Gasteiger partial charge is 0.456 e. The van der Waals surface area contributed by atoms with Crippen molar-refractivity contribution in [3.8, 4) is 44.7 Å². The van der Waals surface area contributed by atoms with Gasteiger partial charge in [-0.25, -0.2) is 0 Å². The molecule has 8 aromatic rings. The van der Waals surface area contributed by atoms with Crippen LogP contribution in [0.15, 0.2) is 186 Å². The number of hydrogen-bond acceptors (Lipinski definition) is 2. The van der Waals surface area contributed by atoms with Crippen molar-refractivity contribution in [1.82, 2.24) is 0 Å². The molecule has 0 amide bonds. The smallest absolute Gasteiger partial charge is 0.139 e. The number of fused-ring (bicyclic) bond motifs is 1. The van der Waals surface area contributed by atoms with Gasteiger partial charge in [0.25, 0.3) is 0 Å². The summed E-state index contributed by atoms with van der Waals surface area (Å²) in [4.78, 5) is 2.34. The molecule has 0 fully saturated rings. The minimum Gasteiger partial charge on any atom is -0.456 e. The zero-order valence-corrected chi connectivity index (χ0v) is 28.7. The van der Waals surface area contributed by atoms with E-state index in [1.165, 1.54) is 44.3 Å². The van der Waals surface area contributed by atoms with Crippen molar-refractivity contribution < 1.29 is 4.42 Å². The molecule has 0 unspecified atom stereocenters. The lowest BCUT2D eigenvalue weighted by molar-refractivity contribution is 0.568. The maximum absolute atomic E-state index is 6.61. The highest BCUT2D eigenvalue weighted by Gasteiger charge is 2.26. The van der Waals surface area contributed by atoms with E-state index >= 15 is 0 Å². The molecule has 0 spiro atoms. The Bertz CT molecular complexity index is 2380. The number of anilines is 3. The summed E-state index contributed by atoms with van der Waals surface area (Å²) in [6.07, 6.45) is 0. The van der Waals surface area contributed by atoms with Crippen LogP contribution in [0, 0.1) is 0 Å². The average molecular weight is 646 g/mol. The number of furan rings is 1. The Hall–Kier alpha value is -6.12. The van der Waals surface area contributed by atoms with Crippen LogP contribution in [-0.2, 0) is 5.41 Å². The quantitative estimate of drug-likeness (QED) is 0.171. The second-order valence-electron chi connectivity index (χ2n) is 13.8. The predicted octanol–water partition coefficient (Wildman–Crippen LogP) is 13.9. The van der Waals surface area contributed by atoms with Gasteiger partial charge in [-0.05, 0) is 87.3 Å². The van der Waals surface area contributed by atoms with Crippen LogP contribution in [-0.4, -0.2) is 0 Å². The molecule has 0 radical (unpaired) electrons. The fourth-order valence-electron chi connectivity index (χ4n) is 6.97. The molecule has 242 valence electrons. The number of para-hydroxylation sites is 1. The van der Waals surface area contributed by atoms with E-state index in [0.717, 1.165) is 34.0 Å². The van der Waals surface area contributed by atoms with E-state index in [-0.39, 0.29) is 5.41 Å². The van der Waals surface area contributed by atoms with Gasteiger partial charge in [-0.3, -0.25) is 0 Å². The predicted molar refractivity (Wildman–Crippen MR) is 211 cm³/mol. The molecule has 8 rings (SSSR count). The highest BCUT2D eigenvalue weighted by atomic mass is 16.3. The Morgan fingerprint density at radius 2 is 0.840 bits per heavy atom. The number of rotatable bonds is 7. The summed E-state index contributed by atoms with van der Waals surface area (Å²) < 4.78 is 6.61. The first kappa shape index (κ1) is 31.2. The van der Waals surface area contributed by atoms with E-state index < -0.39 is 0 Å². The Morgan fingerprint density at radius 3 is 1.44 bits per heavy atom. The van der Waals surface area contributed by atoms with E-state index in [1.807, 2.05) is 6.07 Å². The molecule has 0 saturated heterocycles. The van der Waals surface area contributed by atoms with Crippen LogP contribution in [0.25, 0.3) is 55.7 Å². The summed E-state index contributed by atoms with van der Waals surface area (Å²) in [5, 5.41) is 1.17. The van der Waals surface area contributed by atoms with E-state index in [2.05, 4.69) is 202 Å². The third kappa shape index (κ3) is 6.13. The minimum absolute atomic E-state index is 0.0987. The van der Waals surface area contributed by atoms with Gasteiger partial charge in [0, 0.05) is 33.6 Å². The van der Waals surface area contributed by atoms with Gasteiger partial charge in [0.2, 0.25) is 0 Å². The van der Waals surface area contributed by atoms with Crippen molar-refractivity contribution in [1.29, 1.82) is 0 Å². The molecule has 0 aliphatic heterocycles. The standard InChI is InChI=1S/C48H39NO/c1-48(2,3)46-44-22-10-11-23-45(44)50-47(46)40-20-13-21-43(33-40)49(41-28-24-36(25-29-41)34-14-6-4-7-15-34)42-30-26-37(27-31-42)39-19-12-18-38(32-39)35-16-8-5-9-17-35/h4-33H,1-3H3. The molecule has 2 heteroatoms. The third-order valence-corrected chi connectivity index (χ3v) is 9.37. The zero-order chi connectivity index (χ0) is 34.1. The molecular formula is C48H39NO. The van der Waals surface area contributed by atoms with Crippen LogP contribution >= 0.6 is 0 Å². The van der Waals surface area contributed by atoms with E-state index in [9.17, 15) is 0 Å². The van der Waals surface area contributed by atoms with Gasteiger partial charge in [-0.15, -0.1) is 0 Å². The molecule has 50 heavy (non-hydrogen) atoms. The highest BCUT2D eigenvalue weighted by molar-refractivity contribution is 5.90. The maximum atomic E-state index is 6.61. The monoisotopic (exact) mass is 645 g/mol. The van der Waals surface area contributed by atoms with Crippen LogP contribution in [0.2, 0.25) is 0 Å². The first-order valence-corrected chi connectivity index (χ1v) is 17.3. The second kappa shape index (κ2) is 13.1. The van der Waals surface area contributed by atoms with E-state index in [0.29, 0.717) is 0 Å². The van der Waals surface area contributed by atoms with Gasteiger partial charge in [-0.1, -0.05) is 154 Å². The topological polar surface area (TPSA) is 16.4 Å². The Kier molecular flexibility index (Phi) is 8.14. The lowest BCUT2D eigenvalue weighted by Crippen LogP contribution is -2.12. The van der Waals surface area contributed by atoms with Crippen molar-refractivity contribution >= 4 is 28.0 Å². The lowest BCUT2D eigenvalue weighted by Gasteiger charge is -2.27. The van der Waals surface area contributed by atoms with Crippen LogP contribution in [0.3, 0.4) is 0 Å². The number of nitrogens with zero attached hydrogens (tertiary/aromatic N) is 1. The average Bonchev–Trinajstić information content (AvgIpc) is 3.58. The molecule has 0 N–H and O–H groups in total. The maximum Gasteiger partial charge on any atom is 0.139 e. The van der Waals surface area contributed by atoms with E-state index in [4.69, 9.17) is 4.42 Å². The van der Waals surface area contributed by atoms with Gasteiger partial charge in [0.05, 0.1) is 0 Å². The summed E-state index contributed by atoms with van der Waals surface area (Å²) in [6.45, 7) is 6.78. The SMILES string of the molecule is CC(C)(C)c1c(-c2cccc(N(c3ccc(-c4ccccc4)cc3)c3ccc(-c4cccc(-c5ccccc5)c4)cc3)c2)oc2ccccc12. The molecule has 0 saturated carbocycles. The summed E-state index contributed by atoms with van der Waals surface area (Å²) in [7, 11) is 0. The van der Waals surface area contributed by atoms with Crippen LogP contribution in [0.1, 0.15) is 26.3 Å². The first-order valence-electron chi connectivity index (χ1n) is 17.3. The van der Waals surface area contributed by atoms with Gasteiger partial charge < -0.3 is 9.32 Å². The summed E-state index contributed by atoms with van der Waals surface area (Å²) in [5.74, 6) is 0.925. The lowest BCUT2D eigenvalue weighted by atomic mass is 9.83. The Balaban J connectivity index is 1.22. The minimum atomic E-state index is -0.0987. The summed E-state index contributed by atoms with van der Waals surface area (Å²) in [6, 6.07) is 64.7. The molecule has 0 aliphatic rings. The van der Waals surface area contributed by atoms with Crippen molar-refractivity contribution in [3.63, 3.8) is 0 Å². The van der Waals surface area contributed by atoms with Gasteiger partial charge in [-0.2, -0.15) is 0 Å². The molecule has 0 bridgehead atoms. The zero-order valence-electron chi connectivity index (χ0n) is 28.7. The van der Waals surface area contributed by atoms with Crippen molar-refractivity contribution in [3.05, 3.63) is 188 Å². The molecular weight excluding hydrogens is 607 g/mol. The molecule has 1 heterocycles. The normalized spacial score (nSPS) is 11.5. The van der Waals surface area contributed by atoms with Crippen molar-refractivity contribution in [2.24, 2.45) is 0 Å². The fourth-order valence-corrected chi connectivity index (χ4v) is 6.97. The highest BCUT2D eigenvalue weighted by Crippen LogP contribution is 2.43. The van der Waals surface area contributed by atoms with Crippen LogP contribution in [0.5, 0.6) is 0 Å². The van der Waals surface area contributed by atoms with Crippen LogP contribution in [0.4, 0.5) is 17.1 Å². The van der Waals surface area contributed by atoms with Gasteiger partial charge in [0.1, 0.15) is 11.3 Å². The molecule has 2 nitrogen and oxygen atoms in total. The first-order chi connectivity index (χ1) is 24.4. The second-order valence-corrected chi connectivity index (χ2v) is 13.8. The fraction of sp³-hybridized carbons (Fsp3) is 0.0833. The summed E-state index contributed by atoms with van der Waals surface area (Å²) in [5.41, 5.74) is 13.5. The molecule has 1 aromatic heterocycles. The number of benzene rings is 7. The summed E-state index contributed by atoms with van der Waals surface area (Å²) >= 11 is 0. The number of hydrogen-bond donors (Lipinski definition) is 0.